The first kappa shape index (κ1) is 15.3. The molecule has 0 amide bonds. The molecule has 20 heavy (non-hydrogen) atoms. The lowest BCUT2D eigenvalue weighted by Crippen LogP contribution is -2.38. The fraction of sp³-hybridized carbons (Fsp3) is 0.600. The number of nitrogens with one attached hydrogen (secondary N) is 1. The van der Waals surface area contributed by atoms with Gasteiger partial charge < -0.3 is 5.73 Å². The van der Waals surface area contributed by atoms with Crippen LogP contribution in [0.4, 0.5) is 5.69 Å². The Morgan fingerprint density at radius 2 is 2.10 bits per heavy atom. The second-order valence-electron chi connectivity index (χ2n) is 5.78. The predicted octanol–water partition coefficient (Wildman–Crippen LogP) is 2.82. The van der Waals surface area contributed by atoms with E-state index in [1.54, 1.807) is 19.1 Å². The third-order valence-corrected chi connectivity index (χ3v) is 5.85. The third-order valence-electron chi connectivity index (χ3n) is 4.18. The van der Waals surface area contributed by atoms with Crippen LogP contribution in [0.25, 0.3) is 0 Å². The molecule has 0 spiro atoms. The minimum Gasteiger partial charge on any atom is -0.399 e. The van der Waals surface area contributed by atoms with E-state index in [0.717, 1.165) is 31.2 Å². The van der Waals surface area contributed by atoms with Gasteiger partial charge in [0.05, 0.1) is 4.90 Å². The van der Waals surface area contributed by atoms with Gasteiger partial charge in [-0.2, -0.15) is 0 Å². The molecule has 2 unspecified atom stereocenters. The average molecular weight is 296 g/mol. The van der Waals surface area contributed by atoms with Crippen LogP contribution in [0.15, 0.2) is 23.1 Å². The highest BCUT2D eigenvalue weighted by Gasteiger charge is 2.26. The minimum atomic E-state index is -3.47. The van der Waals surface area contributed by atoms with E-state index < -0.39 is 10.0 Å². The molecule has 1 aliphatic rings. The Labute approximate surface area is 121 Å². The summed E-state index contributed by atoms with van der Waals surface area (Å²) in [7, 11) is -3.47. The van der Waals surface area contributed by atoms with Gasteiger partial charge in [-0.25, -0.2) is 13.1 Å². The first-order valence-electron chi connectivity index (χ1n) is 7.31. The van der Waals surface area contributed by atoms with Gasteiger partial charge in [0.15, 0.2) is 0 Å². The number of aryl methyl sites for hydroxylation is 1. The van der Waals surface area contributed by atoms with Gasteiger partial charge in [-0.15, -0.1) is 0 Å². The van der Waals surface area contributed by atoms with E-state index in [-0.39, 0.29) is 6.04 Å². The quantitative estimate of drug-likeness (QED) is 0.839. The summed E-state index contributed by atoms with van der Waals surface area (Å²) in [5.41, 5.74) is 6.92. The van der Waals surface area contributed by atoms with Crippen LogP contribution in [0.3, 0.4) is 0 Å². The van der Waals surface area contributed by atoms with Crippen LogP contribution in [0, 0.1) is 12.8 Å². The summed E-state index contributed by atoms with van der Waals surface area (Å²) in [6, 6.07) is 5.07. The monoisotopic (exact) mass is 296 g/mol. The van der Waals surface area contributed by atoms with E-state index in [1.807, 2.05) is 0 Å². The number of hydrogen-bond acceptors (Lipinski definition) is 3. The van der Waals surface area contributed by atoms with Crippen molar-refractivity contribution in [1.29, 1.82) is 0 Å². The Morgan fingerprint density at radius 1 is 1.35 bits per heavy atom. The van der Waals surface area contributed by atoms with E-state index in [0.29, 0.717) is 16.5 Å². The first-order chi connectivity index (χ1) is 9.42. The molecule has 2 atom stereocenters. The largest absolute Gasteiger partial charge is 0.399 e. The van der Waals surface area contributed by atoms with Crippen LogP contribution in [-0.4, -0.2) is 14.5 Å². The smallest absolute Gasteiger partial charge is 0.241 e. The Bertz CT molecular complexity index is 569. The summed E-state index contributed by atoms with van der Waals surface area (Å²) >= 11 is 0. The fourth-order valence-corrected chi connectivity index (χ4v) is 4.52. The zero-order valence-corrected chi connectivity index (χ0v) is 13.0. The van der Waals surface area contributed by atoms with Crippen LogP contribution in [0.5, 0.6) is 0 Å². The van der Waals surface area contributed by atoms with Crippen molar-refractivity contribution in [2.75, 3.05) is 5.73 Å². The average Bonchev–Trinajstić information content (AvgIpc) is 2.41. The zero-order chi connectivity index (χ0) is 14.8. The molecular weight excluding hydrogens is 272 g/mol. The molecule has 2 rings (SSSR count). The number of rotatable bonds is 4. The van der Waals surface area contributed by atoms with Gasteiger partial charge in [-0.1, -0.05) is 32.3 Å². The Balaban J connectivity index is 2.16. The number of nitrogen functional groups attached to an aromatic ring is 1. The van der Waals surface area contributed by atoms with Gasteiger partial charge in [0.2, 0.25) is 10.0 Å². The molecule has 1 aromatic carbocycles. The molecule has 0 heterocycles. The van der Waals surface area contributed by atoms with Crippen LogP contribution >= 0.6 is 0 Å². The molecule has 1 saturated carbocycles. The summed E-state index contributed by atoms with van der Waals surface area (Å²) in [6.45, 7) is 3.97. The molecule has 3 N–H and O–H groups in total. The van der Waals surface area contributed by atoms with Crippen LogP contribution in [-0.2, 0) is 10.0 Å². The lowest BCUT2D eigenvalue weighted by atomic mass is 9.85. The Hall–Kier alpha value is -1.07. The van der Waals surface area contributed by atoms with Crippen LogP contribution in [0.1, 0.15) is 44.6 Å². The minimum absolute atomic E-state index is 0.0551. The molecule has 0 aromatic heterocycles. The summed E-state index contributed by atoms with van der Waals surface area (Å²) in [5.74, 6) is 0.637. The molecule has 1 aliphatic carbocycles. The first-order valence-corrected chi connectivity index (χ1v) is 8.79. The van der Waals surface area contributed by atoms with E-state index in [9.17, 15) is 8.42 Å². The molecule has 5 heteroatoms. The second kappa shape index (κ2) is 6.14. The molecule has 0 bridgehead atoms. The Kier molecular flexibility index (Phi) is 4.70. The van der Waals surface area contributed by atoms with Gasteiger partial charge in [0, 0.05) is 11.7 Å². The second-order valence-corrected chi connectivity index (χ2v) is 7.47. The van der Waals surface area contributed by atoms with Gasteiger partial charge in [0.25, 0.3) is 0 Å². The summed E-state index contributed by atoms with van der Waals surface area (Å²) < 4.78 is 27.9. The normalized spacial score (nSPS) is 23.7. The third kappa shape index (κ3) is 3.52. The predicted molar refractivity (Wildman–Crippen MR) is 81.9 cm³/mol. The van der Waals surface area contributed by atoms with Crippen LogP contribution in [0.2, 0.25) is 0 Å². The van der Waals surface area contributed by atoms with Crippen molar-refractivity contribution in [3.05, 3.63) is 23.8 Å². The van der Waals surface area contributed by atoms with Gasteiger partial charge >= 0.3 is 0 Å². The maximum Gasteiger partial charge on any atom is 0.241 e. The topological polar surface area (TPSA) is 72.2 Å². The van der Waals surface area contributed by atoms with E-state index in [2.05, 4.69) is 11.6 Å². The van der Waals surface area contributed by atoms with E-state index in [4.69, 9.17) is 5.73 Å². The molecule has 0 saturated heterocycles. The fourth-order valence-electron chi connectivity index (χ4n) is 2.96. The lowest BCUT2D eigenvalue weighted by Gasteiger charge is -2.29. The molecule has 0 aliphatic heterocycles. The van der Waals surface area contributed by atoms with E-state index >= 15 is 0 Å². The number of benzene rings is 1. The highest BCUT2D eigenvalue weighted by atomic mass is 32.2. The SMILES string of the molecule is CCC1CCCC(NS(=O)(=O)c2cc(N)ccc2C)C1. The standard InChI is InChI=1S/C15H24N2O2S/c1-3-12-5-4-6-14(9-12)17-20(18,19)15-10-13(16)8-7-11(15)2/h7-8,10,12,14,17H,3-6,9,16H2,1-2H3. The van der Waals surface area contributed by atoms with Crippen molar-refractivity contribution < 1.29 is 8.42 Å². The van der Waals surface area contributed by atoms with E-state index in [1.165, 1.54) is 12.5 Å². The zero-order valence-electron chi connectivity index (χ0n) is 12.2. The molecular formula is C15H24N2O2S. The highest BCUT2D eigenvalue weighted by Crippen LogP contribution is 2.28. The van der Waals surface area contributed by atoms with Gasteiger partial charge in [-0.05, 0) is 43.4 Å². The molecule has 1 aromatic rings. The van der Waals surface area contributed by atoms with Crippen molar-refractivity contribution in [1.82, 2.24) is 4.72 Å². The molecule has 1 fully saturated rings. The number of hydrogen-bond donors (Lipinski definition) is 2. The summed E-state index contributed by atoms with van der Waals surface area (Å²) in [5, 5.41) is 0. The van der Waals surface area contributed by atoms with Crippen molar-refractivity contribution in [2.24, 2.45) is 5.92 Å². The number of nitrogens with two attached hydrogens (primary N) is 1. The summed E-state index contributed by atoms with van der Waals surface area (Å²) in [6.07, 6.45) is 5.30. The molecule has 4 nitrogen and oxygen atoms in total. The van der Waals surface area contributed by atoms with Gasteiger partial charge in [-0.3, -0.25) is 0 Å². The Morgan fingerprint density at radius 3 is 2.80 bits per heavy atom. The van der Waals surface area contributed by atoms with Crippen LogP contribution < -0.4 is 10.5 Å². The van der Waals surface area contributed by atoms with Crippen molar-refractivity contribution in [3.63, 3.8) is 0 Å². The summed E-state index contributed by atoms with van der Waals surface area (Å²) in [4.78, 5) is 0.302. The highest BCUT2D eigenvalue weighted by molar-refractivity contribution is 7.89. The van der Waals surface area contributed by atoms with Crippen molar-refractivity contribution in [3.8, 4) is 0 Å². The maximum absolute atomic E-state index is 12.5. The maximum atomic E-state index is 12.5. The molecule has 0 radical (unpaired) electrons. The lowest BCUT2D eigenvalue weighted by molar-refractivity contribution is 0.301. The van der Waals surface area contributed by atoms with Gasteiger partial charge in [0.1, 0.15) is 0 Å². The number of sulfonamides is 1. The number of anilines is 1. The van der Waals surface area contributed by atoms with Crippen molar-refractivity contribution >= 4 is 15.7 Å². The molecule has 112 valence electrons. The van der Waals surface area contributed by atoms with Crippen molar-refractivity contribution in [2.45, 2.75) is 56.9 Å².